The van der Waals surface area contributed by atoms with E-state index in [1.807, 2.05) is 18.3 Å². The van der Waals surface area contributed by atoms with Crippen molar-refractivity contribution in [1.29, 1.82) is 0 Å². The SMILES string of the molecule is CCCc1nc2c(C)ccnc2n1Cc1ccc(-c2ccoc2-c2nn[nH]n2)cc1. The van der Waals surface area contributed by atoms with Crippen LogP contribution < -0.4 is 0 Å². The van der Waals surface area contributed by atoms with Gasteiger partial charge in [-0.2, -0.15) is 5.21 Å². The van der Waals surface area contributed by atoms with Gasteiger partial charge in [0.2, 0.25) is 5.82 Å². The number of H-pyrrole nitrogens is 1. The van der Waals surface area contributed by atoms with Gasteiger partial charge >= 0.3 is 0 Å². The van der Waals surface area contributed by atoms with E-state index in [1.165, 1.54) is 5.56 Å². The molecule has 8 heteroatoms. The number of hydrogen-bond donors (Lipinski definition) is 1. The van der Waals surface area contributed by atoms with Gasteiger partial charge in [0.15, 0.2) is 11.4 Å². The number of aryl methyl sites for hydroxylation is 2. The summed E-state index contributed by atoms with van der Waals surface area (Å²) in [5.74, 6) is 2.12. The fourth-order valence-electron chi connectivity index (χ4n) is 3.70. The van der Waals surface area contributed by atoms with Crippen LogP contribution in [0.15, 0.2) is 53.3 Å². The van der Waals surface area contributed by atoms with Gasteiger partial charge in [0.1, 0.15) is 11.3 Å². The number of pyridine rings is 1. The molecule has 4 heterocycles. The Morgan fingerprint density at radius 1 is 1.10 bits per heavy atom. The molecular formula is C22H21N7O. The summed E-state index contributed by atoms with van der Waals surface area (Å²) in [6, 6.07) is 12.3. The van der Waals surface area contributed by atoms with Gasteiger partial charge in [-0.1, -0.05) is 31.2 Å². The number of nitrogens with zero attached hydrogens (tertiary/aromatic N) is 6. The van der Waals surface area contributed by atoms with E-state index in [1.54, 1.807) is 6.26 Å². The van der Waals surface area contributed by atoms with E-state index in [9.17, 15) is 0 Å². The Balaban J connectivity index is 1.48. The van der Waals surface area contributed by atoms with Crippen molar-refractivity contribution in [2.45, 2.75) is 33.2 Å². The number of imidazole rings is 1. The molecule has 0 unspecified atom stereocenters. The first-order valence-electron chi connectivity index (χ1n) is 9.96. The highest BCUT2D eigenvalue weighted by molar-refractivity contribution is 5.77. The van der Waals surface area contributed by atoms with Gasteiger partial charge in [-0.3, -0.25) is 0 Å². The van der Waals surface area contributed by atoms with Gasteiger partial charge in [0.25, 0.3) is 0 Å². The molecule has 0 amide bonds. The maximum absolute atomic E-state index is 5.58. The van der Waals surface area contributed by atoms with Crippen molar-refractivity contribution in [2.24, 2.45) is 0 Å². The minimum atomic E-state index is 0.439. The second-order valence-electron chi connectivity index (χ2n) is 7.26. The van der Waals surface area contributed by atoms with Crippen LogP contribution in [0.25, 0.3) is 33.9 Å². The summed E-state index contributed by atoms with van der Waals surface area (Å²) >= 11 is 0. The topological polar surface area (TPSA) is 98.3 Å². The summed E-state index contributed by atoms with van der Waals surface area (Å²) < 4.78 is 7.80. The maximum Gasteiger partial charge on any atom is 0.240 e. The first-order chi connectivity index (χ1) is 14.7. The molecule has 1 N–H and O–H groups in total. The Morgan fingerprint density at radius 2 is 1.97 bits per heavy atom. The predicted octanol–water partition coefficient (Wildman–Crippen LogP) is 4.18. The highest BCUT2D eigenvalue weighted by Crippen LogP contribution is 2.31. The van der Waals surface area contributed by atoms with Gasteiger partial charge in [0.05, 0.1) is 12.8 Å². The molecule has 1 aromatic carbocycles. The highest BCUT2D eigenvalue weighted by Gasteiger charge is 2.16. The number of fused-ring (bicyclic) bond motifs is 1. The zero-order valence-corrected chi connectivity index (χ0v) is 16.8. The normalized spacial score (nSPS) is 11.4. The molecule has 0 bridgehead atoms. The summed E-state index contributed by atoms with van der Waals surface area (Å²) in [6.45, 7) is 4.98. The molecule has 150 valence electrons. The summed E-state index contributed by atoms with van der Waals surface area (Å²) in [5, 5.41) is 14.1. The number of tetrazole rings is 1. The van der Waals surface area contributed by atoms with Crippen LogP contribution in [0.3, 0.4) is 0 Å². The molecule has 0 fully saturated rings. The first kappa shape index (κ1) is 18.2. The zero-order valence-electron chi connectivity index (χ0n) is 16.8. The molecule has 8 nitrogen and oxygen atoms in total. The number of aromatic nitrogens is 7. The van der Waals surface area contributed by atoms with E-state index in [2.05, 4.69) is 68.3 Å². The van der Waals surface area contributed by atoms with Crippen molar-refractivity contribution in [1.82, 2.24) is 35.2 Å². The minimum absolute atomic E-state index is 0.439. The second-order valence-corrected chi connectivity index (χ2v) is 7.26. The summed E-state index contributed by atoms with van der Waals surface area (Å²) in [7, 11) is 0. The number of furan rings is 1. The summed E-state index contributed by atoms with van der Waals surface area (Å²) in [4.78, 5) is 9.47. The smallest absolute Gasteiger partial charge is 0.240 e. The molecule has 0 aliphatic carbocycles. The zero-order chi connectivity index (χ0) is 20.5. The Bertz CT molecular complexity index is 1280. The van der Waals surface area contributed by atoms with Crippen LogP contribution in [0.5, 0.6) is 0 Å². The summed E-state index contributed by atoms with van der Waals surface area (Å²) in [5.41, 5.74) is 6.23. The van der Waals surface area contributed by atoms with Crippen LogP contribution in [0.2, 0.25) is 0 Å². The van der Waals surface area contributed by atoms with Gasteiger partial charge in [-0.15, -0.1) is 10.2 Å². The van der Waals surface area contributed by atoms with Crippen LogP contribution in [-0.2, 0) is 13.0 Å². The van der Waals surface area contributed by atoms with E-state index in [0.29, 0.717) is 11.6 Å². The number of hydrogen-bond acceptors (Lipinski definition) is 6. The van der Waals surface area contributed by atoms with Gasteiger partial charge in [-0.25, -0.2) is 9.97 Å². The average molecular weight is 399 g/mol. The Kier molecular flexibility index (Phi) is 4.59. The number of nitrogens with one attached hydrogen (secondary N) is 1. The van der Waals surface area contributed by atoms with Gasteiger partial charge in [-0.05, 0) is 47.4 Å². The van der Waals surface area contributed by atoms with E-state index in [-0.39, 0.29) is 0 Å². The predicted molar refractivity (Wildman–Crippen MR) is 113 cm³/mol. The van der Waals surface area contributed by atoms with Gasteiger partial charge < -0.3 is 8.98 Å². The molecule has 0 atom stereocenters. The minimum Gasteiger partial charge on any atom is -0.460 e. The van der Waals surface area contributed by atoms with Crippen molar-refractivity contribution in [3.63, 3.8) is 0 Å². The van der Waals surface area contributed by atoms with Crippen LogP contribution in [0, 0.1) is 6.92 Å². The van der Waals surface area contributed by atoms with Crippen LogP contribution >= 0.6 is 0 Å². The quantitative estimate of drug-likeness (QED) is 0.460. The Labute approximate surface area is 173 Å². The lowest BCUT2D eigenvalue weighted by atomic mass is 10.0. The average Bonchev–Trinajstić information content (AvgIpc) is 3.50. The fourth-order valence-corrected chi connectivity index (χ4v) is 3.70. The van der Waals surface area contributed by atoms with Crippen LogP contribution in [0.4, 0.5) is 0 Å². The van der Waals surface area contributed by atoms with E-state index in [0.717, 1.165) is 53.1 Å². The molecule has 0 saturated carbocycles. The van der Waals surface area contributed by atoms with E-state index >= 15 is 0 Å². The lowest BCUT2D eigenvalue weighted by Gasteiger charge is -2.09. The van der Waals surface area contributed by atoms with Crippen LogP contribution in [0.1, 0.15) is 30.3 Å². The molecule has 5 aromatic rings. The fraction of sp³-hybridized carbons (Fsp3) is 0.227. The molecule has 30 heavy (non-hydrogen) atoms. The van der Waals surface area contributed by atoms with E-state index in [4.69, 9.17) is 9.40 Å². The lowest BCUT2D eigenvalue weighted by Crippen LogP contribution is -2.06. The highest BCUT2D eigenvalue weighted by atomic mass is 16.3. The third-order valence-corrected chi connectivity index (χ3v) is 5.21. The molecule has 0 saturated heterocycles. The Morgan fingerprint density at radius 3 is 2.73 bits per heavy atom. The molecular weight excluding hydrogens is 378 g/mol. The van der Waals surface area contributed by atoms with Crippen molar-refractivity contribution in [2.75, 3.05) is 0 Å². The van der Waals surface area contributed by atoms with Crippen LogP contribution in [-0.4, -0.2) is 35.2 Å². The van der Waals surface area contributed by atoms with Crippen molar-refractivity contribution in [3.05, 3.63) is 65.8 Å². The molecule has 5 rings (SSSR count). The van der Waals surface area contributed by atoms with Crippen molar-refractivity contribution in [3.8, 4) is 22.7 Å². The third kappa shape index (κ3) is 3.16. The van der Waals surface area contributed by atoms with Crippen molar-refractivity contribution >= 4 is 11.2 Å². The standard InChI is InChI=1S/C22H21N7O/c1-3-4-18-24-19-14(2)9-11-23-22(19)29(18)13-15-5-7-16(8-6-15)17-10-12-30-20(17)21-25-27-28-26-21/h5-12H,3-4,13H2,1-2H3,(H,25,26,27,28). The largest absolute Gasteiger partial charge is 0.460 e. The second kappa shape index (κ2) is 7.55. The monoisotopic (exact) mass is 399 g/mol. The Hall–Kier alpha value is -3.81. The van der Waals surface area contributed by atoms with Crippen molar-refractivity contribution < 1.29 is 4.42 Å². The summed E-state index contributed by atoms with van der Waals surface area (Å²) in [6.07, 6.45) is 5.46. The maximum atomic E-state index is 5.58. The molecule has 4 aromatic heterocycles. The van der Waals surface area contributed by atoms with E-state index < -0.39 is 0 Å². The lowest BCUT2D eigenvalue weighted by molar-refractivity contribution is 0.578. The number of aromatic amines is 1. The molecule has 0 radical (unpaired) electrons. The molecule has 0 spiro atoms. The molecule has 0 aliphatic heterocycles. The number of benzene rings is 1. The number of rotatable bonds is 6. The molecule has 0 aliphatic rings. The van der Waals surface area contributed by atoms with Gasteiger partial charge in [0, 0.05) is 18.2 Å². The third-order valence-electron chi connectivity index (χ3n) is 5.21. The first-order valence-corrected chi connectivity index (χ1v) is 9.96.